The van der Waals surface area contributed by atoms with Crippen LogP contribution >= 0.6 is 11.3 Å². The molecule has 1 aliphatic rings. The summed E-state index contributed by atoms with van der Waals surface area (Å²) in [5, 5.41) is 4.98. The van der Waals surface area contributed by atoms with E-state index in [0.29, 0.717) is 0 Å². The minimum Gasteiger partial charge on any atom is -0.399 e. The minimum absolute atomic E-state index is 0.400. The summed E-state index contributed by atoms with van der Waals surface area (Å²) in [5.41, 5.74) is 8.72. The summed E-state index contributed by atoms with van der Waals surface area (Å²) in [6.07, 6.45) is 0. The molecule has 0 unspecified atom stereocenters. The van der Waals surface area contributed by atoms with Crippen LogP contribution in [0.25, 0.3) is 69.9 Å². The largest absolute Gasteiger partial charge is 0.495 e. The molecule has 1 fully saturated rings. The van der Waals surface area contributed by atoms with E-state index in [9.17, 15) is 0 Å². The van der Waals surface area contributed by atoms with Crippen molar-refractivity contribution in [2.75, 3.05) is 0 Å². The lowest BCUT2D eigenvalue weighted by atomic mass is 9.76. The van der Waals surface area contributed by atoms with Crippen LogP contribution in [0.4, 0.5) is 0 Å². The van der Waals surface area contributed by atoms with Gasteiger partial charge in [0, 0.05) is 36.6 Å². The topological polar surface area (TPSA) is 23.4 Å². The summed E-state index contributed by atoms with van der Waals surface area (Å²) in [7, 11) is -0.417. The van der Waals surface area contributed by atoms with Gasteiger partial charge in [-0.25, -0.2) is 0 Å². The summed E-state index contributed by atoms with van der Waals surface area (Å²) in [6.45, 7) is 8.47. The van der Waals surface area contributed by atoms with Gasteiger partial charge in [-0.2, -0.15) is 0 Å². The predicted octanol–water partition coefficient (Wildman–Crippen LogP) is 10.8. The van der Waals surface area contributed by atoms with E-state index in [1.807, 2.05) is 11.3 Å². The number of aromatic nitrogens is 1. The van der Waals surface area contributed by atoms with Crippen LogP contribution in [0.1, 0.15) is 27.7 Å². The Hall–Kier alpha value is -4.68. The van der Waals surface area contributed by atoms with Crippen LogP contribution in [-0.2, 0) is 9.31 Å². The Morgan fingerprint density at radius 3 is 1.98 bits per heavy atom. The second-order valence-corrected chi connectivity index (χ2v) is 14.7. The normalized spacial score (nSPS) is 15.8. The average Bonchev–Trinajstić information content (AvgIpc) is 3.70. The Morgan fingerprint density at radius 1 is 0.532 bits per heavy atom. The molecule has 0 atom stereocenters. The van der Waals surface area contributed by atoms with Crippen molar-refractivity contribution in [3.8, 4) is 27.9 Å². The molecule has 228 valence electrons. The molecule has 3 heterocycles. The monoisotopic (exact) mass is 627 g/mol. The maximum absolute atomic E-state index is 6.55. The zero-order valence-electron chi connectivity index (χ0n) is 27.0. The summed E-state index contributed by atoms with van der Waals surface area (Å²) in [5.74, 6) is 0. The Balaban J connectivity index is 1.22. The number of nitrogens with zero attached hydrogens (tertiary/aromatic N) is 1. The van der Waals surface area contributed by atoms with Crippen LogP contribution in [0, 0.1) is 0 Å². The van der Waals surface area contributed by atoms with Crippen molar-refractivity contribution in [3.05, 3.63) is 133 Å². The molecule has 1 saturated heterocycles. The second-order valence-electron chi connectivity index (χ2n) is 13.6. The minimum atomic E-state index is -0.417. The van der Waals surface area contributed by atoms with Gasteiger partial charge in [0.2, 0.25) is 0 Å². The number of fused-ring (bicyclic) bond motifs is 6. The van der Waals surface area contributed by atoms with Gasteiger partial charge in [0.05, 0.1) is 22.2 Å². The predicted molar refractivity (Wildman–Crippen MR) is 200 cm³/mol. The highest BCUT2D eigenvalue weighted by atomic mass is 32.1. The Labute approximate surface area is 279 Å². The molecule has 0 amide bonds. The van der Waals surface area contributed by atoms with Crippen molar-refractivity contribution in [2.45, 2.75) is 38.9 Å². The van der Waals surface area contributed by atoms with Gasteiger partial charge in [0.15, 0.2) is 0 Å². The molecule has 0 radical (unpaired) electrons. The molecule has 2 aromatic heterocycles. The van der Waals surface area contributed by atoms with E-state index < -0.39 is 18.3 Å². The van der Waals surface area contributed by atoms with Crippen molar-refractivity contribution in [2.24, 2.45) is 0 Å². The van der Waals surface area contributed by atoms with Crippen LogP contribution < -0.4 is 5.46 Å². The highest BCUT2D eigenvalue weighted by Crippen LogP contribution is 2.43. The standard InChI is InChI=1S/C42H34BNO2S/c1-41(2)42(3,4)46-43(45-41)34-16-11-19-38-40(34)33-26-29(22-25-37(33)47-38)31-15-10-18-36-39(31)32-14-8-9-17-35(32)44(36)30-23-20-28(21-24-30)27-12-6-5-7-13-27/h5-26H,1-4H3. The zero-order valence-corrected chi connectivity index (χ0v) is 27.8. The van der Waals surface area contributed by atoms with Crippen molar-refractivity contribution in [1.29, 1.82) is 0 Å². The Morgan fingerprint density at radius 2 is 1.19 bits per heavy atom. The van der Waals surface area contributed by atoms with E-state index in [4.69, 9.17) is 9.31 Å². The highest BCUT2D eigenvalue weighted by molar-refractivity contribution is 7.26. The van der Waals surface area contributed by atoms with Crippen LogP contribution in [0.5, 0.6) is 0 Å². The third kappa shape index (κ3) is 4.41. The molecule has 0 spiro atoms. The van der Waals surface area contributed by atoms with E-state index in [2.05, 4.69) is 166 Å². The Bertz CT molecular complexity index is 2460. The molecular formula is C42H34BNO2S. The van der Waals surface area contributed by atoms with Crippen LogP contribution in [-0.4, -0.2) is 22.9 Å². The number of rotatable bonds is 4. The Kier molecular flexibility index (Phi) is 6.32. The van der Waals surface area contributed by atoms with Gasteiger partial charge in [-0.05, 0) is 97.9 Å². The van der Waals surface area contributed by atoms with Gasteiger partial charge in [-0.15, -0.1) is 11.3 Å². The smallest absolute Gasteiger partial charge is 0.399 e. The fraction of sp³-hybridized carbons (Fsp3) is 0.143. The first-order chi connectivity index (χ1) is 22.8. The maximum atomic E-state index is 6.55. The molecule has 9 rings (SSSR count). The van der Waals surface area contributed by atoms with Gasteiger partial charge in [-0.1, -0.05) is 91.0 Å². The van der Waals surface area contributed by atoms with Crippen molar-refractivity contribution < 1.29 is 9.31 Å². The molecule has 47 heavy (non-hydrogen) atoms. The van der Waals surface area contributed by atoms with E-state index in [1.54, 1.807) is 0 Å². The third-order valence-corrected chi connectivity index (χ3v) is 11.4. The number of benzene rings is 6. The second kappa shape index (κ2) is 10.4. The fourth-order valence-corrected chi connectivity index (χ4v) is 8.28. The first-order valence-electron chi connectivity index (χ1n) is 16.3. The molecule has 6 aromatic carbocycles. The lowest BCUT2D eigenvalue weighted by Crippen LogP contribution is -2.41. The lowest BCUT2D eigenvalue weighted by molar-refractivity contribution is 0.00578. The molecule has 0 aliphatic carbocycles. The lowest BCUT2D eigenvalue weighted by Gasteiger charge is -2.32. The average molecular weight is 628 g/mol. The SMILES string of the molecule is CC1(C)OB(c2cccc3sc4ccc(-c5cccc6c5c5ccccc5n6-c5ccc(-c6ccccc6)cc5)cc4c23)OC1(C)C. The molecule has 8 aromatic rings. The molecule has 3 nitrogen and oxygen atoms in total. The van der Waals surface area contributed by atoms with E-state index in [1.165, 1.54) is 64.2 Å². The number of para-hydroxylation sites is 1. The molecular weight excluding hydrogens is 593 g/mol. The van der Waals surface area contributed by atoms with E-state index in [-0.39, 0.29) is 0 Å². The molecule has 1 aliphatic heterocycles. The van der Waals surface area contributed by atoms with Gasteiger partial charge in [0.1, 0.15) is 0 Å². The van der Waals surface area contributed by atoms with Gasteiger partial charge in [0.25, 0.3) is 0 Å². The van der Waals surface area contributed by atoms with Gasteiger partial charge in [-0.3, -0.25) is 0 Å². The first-order valence-corrected chi connectivity index (χ1v) is 17.1. The van der Waals surface area contributed by atoms with Gasteiger partial charge >= 0.3 is 7.12 Å². The third-order valence-electron chi connectivity index (χ3n) is 10.3. The molecule has 0 N–H and O–H groups in total. The van der Waals surface area contributed by atoms with Crippen molar-refractivity contribution >= 4 is 65.9 Å². The number of thiophene rings is 1. The van der Waals surface area contributed by atoms with Crippen LogP contribution in [0.3, 0.4) is 0 Å². The first kappa shape index (κ1) is 28.5. The number of hydrogen-bond acceptors (Lipinski definition) is 3. The van der Waals surface area contributed by atoms with E-state index in [0.717, 1.165) is 11.2 Å². The summed E-state index contributed by atoms with van der Waals surface area (Å²) in [4.78, 5) is 0. The highest BCUT2D eigenvalue weighted by Gasteiger charge is 2.52. The fourth-order valence-electron chi connectivity index (χ4n) is 7.16. The van der Waals surface area contributed by atoms with Gasteiger partial charge < -0.3 is 13.9 Å². The molecule has 0 saturated carbocycles. The maximum Gasteiger partial charge on any atom is 0.495 e. The van der Waals surface area contributed by atoms with Crippen molar-refractivity contribution in [1.82, 2.24) is 4.57 Å². The van der Waals surface area contributed by atoms with E-state index >= 15 is 0 Å². The zero-order chi connectivity index (χ0) is 31.9. The van der Waals surface area contributed by atoms with Crippen LogP contribution in [0.2, 0.25) is 0 Å². The molecule has 0 bridgehead atoms. The summed E-state index contributed by atoms with van der Waals surface area (Å²) < 4.78 is 18.0. The van der Waals surface area contributed by atoms with Crippen molar-refractivity contribution in [3.63, 3.8) is 0 Å². The van der Waals surface area contributed by atoms with Crippen LogP contribution in [0.15, 0.2) is 133 Å². The number of hydrogen-bond donors (Lipinski definition) is 0. The summed E-state index contributed by atoms with van der Waals surface area (Å²) in [6, 6.07) is 48.4. The molecule has 5 heteroatoms. The quantitative estimate of drug-likeness (QED) is 0.181. The summed E-state index contributed by atoms with van der Waals surface area (Å²) >= 11 is 1.83.